The highest BCUT2D eigenvalue weighted by molar-refractivity contribution is 7.09. The number of ether oxygens (including phenoxy) is 1. The molecule has 3 amide bonds. The number of nitrogens with zero attached hydrogens (tertiary/aromatic N) is 2. The minimum atomic E-state index is -0.873. The standard InChI is InChI=1S/C26H37N5O4S/c1-4-35-19-12-10-17(11-13-19)22(25(33)29-15-14-16(2)3)31(18-8-6-5-7-9-18)26(34)23-20(27)21(24(28)32)30-36-23/h10-13,16,18,22H,4-9,14-15,27H2,1-3H3,(H2,28,32)(H,29,33)/t22-/m0/s1. The van der Waals surface area contributed by atoms with Crippen LogP contribution in [0.3, 0.4) is 0 Å². The zero-order chi connectivity index (χ0) is 26.2. The van der Waals surface area contributed by atoms with Crippen molar-refractivity contribution in [1.29, 1.82) is 0 Å². The molecular weight excluding hydrogens is 478 g/mol. The Morgan fingerprint density at radius 1 is 1.17 bits per heavy atom. The summed E-state index contributed by atoms with van der Waals surface area (Å²) in [5, 5.41) is 3.03. The molecule has 0 saturated heterocycles. The largest absolute Gasteiger partial charge is 0.494 e. The molecule has 9 nitrogen and oxygen atoms in total. The molecule has 1 heterocycles. The van der Waals surface area contributed by atoms with Crippen LogP contribution in [0.4, 0.5) is 5.69 Å². The summed E-state index contributed by atoms with van der Waals surface area (Å²) in [6, 6.07) is 6.24. The summed E-state index contributed by atoms with van der Waals surface area (Å²) in [5.41, 5.74) is 12.0. The molecule has 196 valence electrons. The van der Waals surface area contributed by atoms with Crippen LogP contribution in [0.25, 0.3) is 0 Å². The van der Waals surface area contributed by atoms with Gasteiger partial charge in [0.05, 0.1) is 12.3 Å². The topological polar surface area (TPSA) is 141 Å². The van der Waals surface area contributed by atoms with Gasteiger partial charge < -0.3 is 26.4 Å². The van der Waals surface area contributed by atoms with Gasteiger partial charge in [0.15, 0.2) is 5.69 Å². The number of anilines is 1. The number of aromatic nitrogens is 1. The molecule has 0 bridgehead atoms. The van der Waals surface area contributed by atoms with E-state index in [1.54, 1.807) is 4.90 Å². The molecule has 1 aliphatic rings. The lowest BCUT2D eigenvalue weighted by atomic mass is 9.91. The van der Waals surface area contributed by atoms with Crippen molar-refractivity contribution in [3.8, 4) is 5.75 Å². The first-order valence-electron chi connectivity index (χ1n) is 12.6. The van der Waals surface area contributed by atoms with Crippen LogP contribution in [-0.4, -0.2) is 46.2 Å². The number of hydrogen-bond donors (Lipinski definition) is 3. The second kappa shape index (κ2) is 12.7. The molecule has 0 aliphatic heterocycles. The maximum Gasteiger partial charge on any atom is 0.270 e. The van der Waals surface area contributed by atoms with Gasteiger partial charge in [0.1, 0.15) is 16.7 Å². The lowest BCUT2D eigenvalue weighted by molar-refractivity contribution is -0.127. The van der Waals surface area contributed by atoms with Crippen molar-refractivity contribution in [1.82, 2.24) is 14.6 Å². The highest BCUT2D eigenvalue weighted by Crippen LogP contribution is 2.35. The molecule has 1 aromatic heterocycles. The SMILES string of the molecule is CCOc1ccc([C@@H](C(=O)NCCC(C)C)N(C(=O)c2snc(C(N)=O)c2N)C2CCCCC2)cc1. The van der Waals surface area contributed by atoms with Gasteiger partial charge >= 0.3 is 0 Å². The first-order chi connectivity index (χ1) is 17.2. The number of nitrogen functional groups attached to an aromatic ring is 1. The number of rotatable bonds is 11. The van der Waals surface area contributed by atoms with E-state index in [0.29, 0.717) is 30.4 Å². The van der Waals surface area contributed by atoms with Gasteiger partial charge in [-0.25, -0.2) is 0 Å². The van der Waals surface area contributed by atoms with Crippen LogP contribution >= 0.6 is 11.5 Å². The van der Waals surface area contributed by atoms with E-state index in [0.717, 1.165) is 50.1 Å². The fourth-order valence-corrected chi connectivity index (χ4v) is 5.28. The van der Waals surface area contributed by atoms with Gasteiger partial charge in [-0.15, -0.1) is 0 Å². The highest BCUT2D eigenvalue weighted by Gasteiger charge is 2.39. The number of nitrogens with one attached hydrogen (secondary N) is 1. The summed E-state index contributed by atoms with van der Waals surface area (Å²) in [5.74, 6) is -0.344. The van der Waals surface area contributed by atoms with Crippen molar-refractivity contribution >= 4 is 34.9 Å². The normalized spacial score (nSPS) is 14.9. The van der Waals surface area contributed by atoms with E-state index in [1.165, 1.54) is 0 Å². The molecule has 1 saturated carbocycles. The third-order valence-electron chi connectivity index (χ3n) is 6.41. The molecular formula is C26H37N5O4S. The third kappa shape index (κ3) is 6.54. The number of carbonyl (C=O) groups excluding carboxylic acids is 3. The second-order valence-corrected chi connectivity index (χ2v) is 10.3. The first-order valence-corrected chi connectivity index (χ1v) is 13.4. The Bertz CT molecular complexity index is 1050. The summed E-state index contributed by atoms with van der Waals surface area (Å²) in [6.07, 6.45) is 5.39. The maximum atomic E-state index is 14.0. The fourth-order valence-electron chi connectivity index (χ4n) is 4.53. The number of carbonyl (C=O) groups is 3. The van der Waals surface area contributed by atoms with E-state index < -0.39 is 17.9 Å². The van der Waals surface area contributed by atoms with Crippen molar-refractivity contribution in [2.24, 2.45) is 11.7 Å². The summed E-state index contributed by atoms with van der Waals surface area (Å²) in [6.45, 7) is 7.12. The molecule has 0 spiro atoms. The molecule has 2 aromatic rings. The monoisotopic (exact) mass is 515 g/mol. The fraction of sp³-hybridized carbons (Fsp3) is 0.538. The average molecular weight is 516 g/mol. The van der Waals surface area contributed by atoms with Gasteiger partial charge in [-0.05, 0) is 61.3 Å². The molecule has 3 rings (SSSR count). The van der Waals surface area contributed by atoms with Gasteiger partial charge in [0, 0.05) is 12.6 Å². The van der Waals surface area contributed by atoms with E-state index in [2.05, 4.69) is 23.5 Å². The number of benzene rings is 1. The predicted molar refractivity (Wildman–Crippen MR) is 141 cm³/mol. The Morgan fingerprint density at radius 3 is 2.39 bits per heavy atom. The Morgan fingerprint density at radius 2 is 1.83 bits per heavy atom. The zero-order valence-electron chi connectivity index (χ0n) is 21.3. The first kappa shape index (κ1) is 27.4. The van der Waals surface area contributed by atoms with Gasteiger partial charge in [-0.3, -0.25) is 14.4 Å². The Balaban J connectivity index is 2.05. The van der Waals surface area contributed by atoms with Crippen molar-refractivity contribution in [3.63, 3.8) is 0 Å². The summed E-state index contributed by atoms with van der Waals surface area (Å²) in [4.78, 5) is 41.2. The van der Waals surface area contributed by atoms with E-state index in [-0.39, 0.29) is 28.2 Å². The van der Waals surface area contributed by atoms with Crippen LogP contribution in [0, 0.1) is 5.92 Å². The Hall–Kier alpha value is -3.14. The smallest absolute Gasteiger partial charge is 0.270 e. The lowest BCUT2D eigenvalue weighted by Crippen LogP contribution is -2.49. The van der Waals surface area contributed by atoms with E-state index in [9.17, 15) is 14.4 Å². The van der Waals surface area contributed by atoms with Crippen molar-refractivity contribution in [3.05, 3.63) is 40.4 Å². The van der Waals surface area contributed by atoms with E-state index >= 15 is 0 Å². The van der Waals surface area contributed by atoms with Crippen LogP contribution < -0.4 is 21.5 Å². The molecule has 1 aromatic carbocycles. The third-order valence-corrected chi connectivity index (χ3v) is 7.26. The quantitative estimate of drug-likeness (QED) is 0.414. The van der Waals surface area contributed by atoms with Gasteiger partial charge in [0.2, 0.25) is 5.91 Å². The molecule has 1 atom stereocenters. The lowest BCUT2D eigenvalue weighted by Gasteiger charge is -2.39. The molecule has 0 unspecified atom stereocenters. The predicted octanol–water partition coefficient (Wildman–Crippen LogP) is 3.90. The van der Waals surface area contributed by atoms with Crippen molar-refractivity contribution in [2.45, 2.75) is 71.4 Å². The number of hydrogen-bond acceptors (Lipinski definition) is 7. The van der Waals surface area contributed by atoms with Gasteiger partial charge in [0.25, 0.3) is 11.8 Å². The summed E-state index contributed by atoms with van der Waals surface area (Å²) in [7, 11) is 0. The highest BCUT2D eigenvalue weighted by atomic mass is 32.1. The molecule has 5 N–H and O–H groups in total. The molecule has 10 heteroatoms. The van der Waals surface area contributed by atoms with Crippen LogP contribution in [0.2, 0.25) is 0 Å². The Kier molecular flexibility index (Phi) is 9.69. The van der Waals surface area contributed by atoms with Crippen LogP contribution in [0.1, 0.15) is 91.1 Å². The number of primary amides is 1. The number of nitrogens with two attached hydrogens (primary N) is 2. The second-order valence-electron chi connectivity index (χ2n) is 9.52. The van der Waals surface area contributed by atoms with E-state index in [1.807, 2.05) is 31.2 Å². The number of amides is 3. The van der Waals surface area contributed by atoms with Gasteiger partial charge in [-0.1, -0.05) is 45.2 Å². The van der Waals surface area contributed by atoms with Crippen LogP contribution in [0.15, 0.2) is 24.3 Å². The zero-order valence-corrected chi connectivity index (χ0v) is 22.1. The minimum absolute atomic E-state index is 0.0380. The van der Waals surface area contributed by atoms with Crippen LogP contribution in [0.5, 0.6) is 5.75 Å². The van der Waals surface area contributed by atoms with Crippen molar-refractivity contribution in [2.75, 3.05) is 18.9 Å². The molecule has 0 radical (unpaired) electrons. The van der Waals surface area contributed by atoms with Gasteiger partial charge in [-0.2, -0.15) is 4.37 Å². The summed E-state index contributed by atoms with van der Waals surface area (Å²) >= 11 is 0.841. The molecule has 1 aliphatic carbocycles. The minimum Gasteiger partial charge on any atom is -0.494 e. The molecule has 1 fully saturated rings. The van der Waals surface area contributed by atoms with Crippen molar-refractivity contribution < 1.29 is 19.1 Å². The maximum absolute atomic E-state index is 14.0. The molecule has 36 heavy (non-hydrogen) atoms. The van der Waals surface area contributed by atoms with E-state index in [4.69, 9.17) is 16.2 Å². The van der Waals surface area contributed by atoms with Crippen LogP contribution in [-0.2, 0) is 4.79 Å². The Labute approximate surface area is 216 Å². The average Bonchev–Trinajstić information content (AvgIpc) is 3.24. The summed E-state index contributed by atoms with van der Waals surface area (Å²) < 4.78 is 9.60.